The lowest BCUT2D eigenvalue weighted by Crippen LogP contribution is -2.43. The Hall–Kier alpha value is -1.51. The Morgan fingerprint density at radius 1 is 1.42 bits per heavy atom. The molecule has 0 radical (unpaired) electrons. The Balaban J connectivity index is 2.21. The van der Waals surface area contributed by atoms with Gasteiger partial charge in [-0.15, -0.1) is 0 Å². The van der Waals surface area contributed by atoms with Crippen molar-refractivity contribution in [3.8, 4) is 0 Å². The second-order valence-corrected chi connectivity index (χ2v) is 5.51. The Bertz CT molecular complexity index is 454. The van der Waals surface area contributed by atoms with Gasteiger partial charge in [-0.1, -0.05) is 13.3 Å². The van der Waals surface area contributed by atoms with Gasteiger partial charge in [0, 0.05) is 23.8 Å². The van der Waals surface area contributed by atoms with Crippen molar-refractivity contribution in [3.63, 3.8) is 0 Å². The van der Waals surface area contributed by atoms with Gasteiger partial charge in [0.2, 0.25) is 0 Å². The van der Waals surface area contributed by atoms with Crippen molar-refractivity contribution >= 4 is 11.6 Å². The Labute approximate surface area is 115 Å². The van der Waals surface area contributed by atoms with Crippen molar-refractivity contribution in [3.05, 3.63) is 29.3 Å². The molecule has 0 aliphatic carbocycles. The highest BCUT2D eigenvalue weighted by atomic mass is 16.2. The summed E-state index contributed by atoms with van der Waals surface area (Å²) < 4.78 is 0. The van der Waals surface area contributed by atoms with E-state index in [-0.39, 0.29) is 5.91 Å². The maximum absolute atomic E-state index is 12.7. The van der Waals surface area contributed by atoms with Gasteiger partial charge in [-0.2, -0.15) is 0 Å². The summed E-state index contributed by atoms with van der Waals surface area (Å²) in [6.45, 7) is 5.04. The quantitative estimate of drug-likeness (QED) is 0.847. The molecular formula is C16H24N2O. The first kappa shape index (κ1) is 13.9. The fourth-order valence-electron chi connectivity index (χ4n) is 2.98. The summed E-state index contributed by atoms with van der Waals surface area (Å²) in [6.07, 6.45) is 5.76. The van der Waals surface area contributed by atoms with E-state index in [4.69, 9.17) is 5.73 Å². The number of anilines is 1. The molecular weight excluding hydrogens is 236 g/mol. The minimum Gasteiger partial charge on any atom is -0.399 e. The monoisotopic (exact) mass is 260 g/mol. The van der Waals surface area contributed by atoms with Gasteiger partial charge in [-0.05, 0) is 56.4 Å². The van der Waals surface area contributed by atoms with Gasteiger partial charge in [0.15, 0.2) is 0 Å². The summed E-state index contributed by atoms with van der Waals surface area (Å²) >= 11 is 0. The number of nitrogens with two attached hydrogens (primary N) is 1. The average Bonchev–Trinajstić information content (AvgIpc) is 2.39. The summed E-state index contributed by atoms with van der Waals surface area (Å²) in [5.74, 6) is 0.177. The van der Waals surface area contributed by atoms with Crippen LogP contribution in [-0.4, -0.2) is 23.4 Å². The third-order valence-electron chi connectivity index (χ3n) is 3.99. The van der Waals surface area contributed by atoms with Crippen LogP contribution in [0.25, 0.3) is 0 Å². The number of hydrogen-bond acceptors (Lipinski definition) is 2. The number of benzene rings is 1. The van der Waals surface area contributed by atoms with E-state index < -0.39 is 0 Å². The van der Waals surface area contributed by atoms with Crippen molar-refractivity contribution in [2.75, 3.05) is 12.3 Å². The smallest absolute Gasteiger partial charge is 0.254 e. The number of likely N-dealkylation sites (tertiary alicyclic amines) is 1. The number of nitrogens with zero attached hydrogens (tertiary/aromatic N) is 1. The van der Waals surface area contributed by atoms with E-state index in [2.05, 4.69) is 11.8 Å². The van der Waals surface area contributed by atoms with Crippen LogP contribution < -0.4 is 5.73 Å². The first-order valence-corrected chi connectivity index (χ1v) is 7.30. The molecule has 1 aliphatic heterocycles. The van der Waals surface area contributed by atoms with Crippen LogP contribution >= 0.6 is 0 Å². The molecule has 1 aliphatic rings. The molecule has 1 heterocycles. The Kier molecular flexibility index (Phi) is 4.46. The topological polar surface area (TPSA) is 46.3 Å². The summed E-state index contributed by atoms with van der Waals surface area (Å²) in [4.78, 5) is 14.8. The van der Waals surface area contributed by atoms with Crippen LogP contribution in [0.15, 0.2) is 18.2 Å². The zero-order valence-corrected chi connectivity index (χ0v) is 12.0. The largest absolute Gasteiger partial charge is 0.399 e. The Morgan fingerprint density at radius 3 is 2.89 bits per heavy atom. The molecule has 1 aromatic carbocycles. The molecule has 0 aromatic heterocycles. The maximum Gasteiger partial charge on any atom is 0.254 e. The van der Waals surface area contributed by atoms with Crippen LogP contribution in [0.1, 0.15) is 54.9 Å². The van der Waals surface area contributed by atoms with E-state index in [0.717, 1.165) is 49.0 Å². The van der Waals surface area contributed by atoms with Crippen LogP contribution in [-0.2, 0) is 0 Å². The molecule has 2 N–H and O–H groups in total. The fourth-order valence-corrected chi connectivity index (χ4v) is 2.98. The van der Waals surface area contributed by atoms with Crippen LogP contribution in [0.5, 0.6) is 0 Å². The van der Waals surface area contributed by atoms with E-state index in [0.29, 0.717) is 6.04 Å². The molecule has 104 valence electrons. The molecule has 3 heteroatoms. The first-order valence-electron chi connectivity index (χ1n) is 7.30. The highest BCUT2D eigenvalue weighted by Crippen LogP contribution is 2.24. The molecule has 19 heavy (non-hydrogen) atoms. The van der Waals surface area contributed by atoms with Gasteiger partial charge in [-0.3, -0.25) is 4.79 Å². The van der Waals surface area contributed by atoms with Crippen molar-refractivity contribution < 1.29 is 4.79 Å². The molecule has 1 amide bonds. The molecule has 1 aromatic rings. The molecule has 0 saturated carbocycles. The number of carbonyl (C=O) groups is 1. The van der Waals surface area contributed by atoms with Crippen molar-refractivity contribution in [1.29, 1.82) is 0 Å². The molecule has 1 fully saturated rings. The van der Waals surface area contributed by atoms with Gasteiger partial charge in [0.25, 0.3) is 5.91 Å². The highest BCUT2D eigenvalue weighted by Gasteiger charge is 2.27. The summed E-state index contributed by atoms with van der Waals surface area (Å²) in [7, 11) is 0. The minimum absolute atomic E-state index is 0.177. The molecule has 3 nitrogen and oxygen atoms in total. The van der Waals surface area contributed by atoms with Crippen LogP contribution in [0.3, 0.4) is 0 Å². The van der Waals surface area contributed by atoms with Crippen LogP contribution in [0.2, 0.25) is 0 Å². The molecule has 2 rings (SSSR count). The molecule has 1 unspecified atom stereocenters. The maximum atomic E-state index is 12.7. The predicted molar refractivity (Wildman–Crippen MR) is 79.2 cm³/mol. The highest BCUT2D eigenvalue weighted by molar-refractivity contribution is 5.96. The normalized spacial score (nSPS) is 19.5. The van der Waals surface area contributed by atoms with E-state index in [1.165, 1.54) is 6.42 Å². The molecule has 1 saturated heterocycles. The number of amides is 1. The lowest BCUT2D eigenvalue weighted by Gasteiger charge is -2.36. The average molecular weight is 260 g/mol. The van der Waals surface area contributed by atoms with Crippen LogP contribution in [0.4, 0.5) is 5.69 Å². The van der Waals surface area contributed by atoms with Crippen molar-refractivity contribution in [2.24, 2.45) is 0 Å². The number of hydrogen-bond donors (Lipinski definition) is 1. The fraction of sp³-hybridized carbons (Fsp3) is 0.562. The zero-order chi connectivity index (χ0) is 13.8. The van der Waals surface area contributed by atoms with Gasteiger partial charge >= 0.3 is 0 Å². The van der Waals surface area contributed by atoms with E-state index >= 15 is 0 Å². The summed E-state index contributed by atoms with van der Waals surface area (Å²) in [5.41, 5.74) is 8.26. The Morgan fingerprint density at radius 2 is 2.21 bits per heavy atom. The molecule has 0 spiro atoms. The van der Waals surface area contributed by atoms with Gasteiger partial charge in [-0.25, -0.2) is 0 Å². The second-order valence-electron chi connectivity index (χ2n) is 5.51. The lowest BCUT2D eigenvalue weighted by molar-refractivity contribution is 0.0600. The number of piperidine rings is 1. The molecule has 0 bridgehead atoms. The minimum atomic E-state index is 0.177. The van der Waals surface area contributed by atoms with Crippen molar-refractivity contribution in [2.45, 2.75) is 52.0 Å². The second kappa shape index (κ2) is 6.09. The lowest BCUT2D eigenvalue weighted by atomic mass is 9.96. The van der Waals surface area contributed by atoms with E-state index in [9.17, 15) is 4.79 Å². The summed E-state index contributed by atoms with van der Waals surface area (Å²) in [5, 5.41) is 0. The zero-order valence-electron chi connectivity index (χ0n) is 12.0. The van der Waals surface area contributed by atoms with Gasteiger partial charge in [0.05, 0.1) is 0 Å². The van der Waals surface area contributed by atoms with Gasteiger partial charge in [0.1, 0.15) is 0 Å². The molecule has 1 atom stereocenters. The standard InChI is InChI=1S/C16H24N2O/c1-3-6-14-7-4-5-10-18(14)16(19)15-9-8-13(17)11-12(15)2/h8-9,11,14H,3-7,10,17H2,1-2H3. The van der Waals surface area contributed by atoms with Crippen molar-refractivity contribution in [1.82, 2.24) is 4.90 Å². The third-order valence-corrected chi connectivity index (χ3v) is 3.99. The number of nitrogen functional groups attached to an aromatic ring is 1. The number of rotatable bonds is 3. The number of carbonyl (C=O) groups excluding carboxylic acids is 1. The van der Waals surface area contributed by atoms with Crippen LogP contribution in [0, 0.1) is 6.92 Å². The predicted octanol–water partition coefficient (Wildman–Crippen LogP) is 3.37. The SMILES string of the molecule is CCCC1CCCCN1C(=O)c1ccc(N)cc1C. The third kappa shape index (κ3) is 3.09. The van der Waals surface area contributed by atoms with Gasteiger partial charge < -0.3 is 10.6 Å². The first-order chi connectivity index (χ1) is 9.13. The van der Waals surface area contributed by atoms with E-state index in [1.54, 1.807) is 0 Å². The summed E-state index contributed by atoms with van der Waals surface area (Å²) in [6, 6.07) is 5.98. The number of aryl methyl sites for hydroxylation is 1. The van der Waals surface area contributed by atoms with E-state index in [1.807, 2.05) is 25.1 Å².